The number of carbonyl (C=O) groups is 2. The van der Waals surface area contributed by atoms with Gasteiger partial charge in [-0.3, -0.25) is 9.59 Å². The molecule has 0 heterocycles. The molecule has 132 valence electrons. The smallest absolute Gasteiger partial charge is 0.251 e. The second-order valence-corrected chi connectivity index (χ2v) is 7.37. The van der Waals surface area contributed by atoms with Crippen molar-refractivity contribution >= 4 is 21.8 Å². The maximum Gasteiger partial charge on any atom is 0.251 e. The Kier molecular flexibility index (Phi) is 5.92. The van der Waals surface area contributed by atoms with Crippen LogP contribution in [0.4, 0.5) is 0 Å². The average molecular weight is 354 g/mol. The Bertz CT molecular complexity index is 703. The Morgan fingerprint density at radius 3 is 2.08 bits per heavy atom. The number of benzene rings is 1. The van der Waals surface area contributed by atoms with E-state index in [1.165, 1.54) is 24.3 Å². The third-order valence-corrected chi connectivity index (χ3v) is 4.99. The number of sulfonamides is 1. The van der Waals surface area contributed by atoms with Crippen molar-refractivity contribution in [2.45, 2.75) is 42.7 Å². The summed E-state index contributed by atoms with van der Waals surface area (Å²) in [4.78, 5) is 23.8. The molecule has 1 saturated carbocycles. The highest BCUT2D eigenvalue weighted by Crippen LogP contribution is 2.19. The molecular weight excluding hydrogens is 332 g/mol. The van der Waals surface area contributed by atoms with Crippen molar-refractivity contribution in [2.75, 3.05) is 6.54 Å². The summed E-state index contributed by atoms with van der Waals surface area (Å²) in [7, 11) is -3.79. The fourth-order valence-corrected chi connectivity index (χ4v) is 3.31. The monoisotopic (exact) mass is 354 g/mol. The summed E-state index contributed by atoms with van der Waals surface area (Å²) in [5.74, 6) is -0.575. The van der Waals surface area contributed by atoms with Gasteiger partial charge in [0.15, 0.2) is 0 Å². The van der Waals surface area contributed by atoms with Crippen LogP contribution in [0.1, 0.15) is 36.0 Å². The van der Waals surface area contributed by atoms with Crippen LogP contribution in [0.2, 0.25) is 0 Å². The maximum atomic E-state index is 12.3. The van der Waals surface area contributed by atoms with Crippen molar-refractivity contribution in [2.24, 2.45) is 10.9 Å². The first kappa shape index (κ1) is 18.4. The molecule has 1 aromatic carbocycles. The van der Waals surface area contributed by atoms with Gasteiger partial charge in [0.1, 0.15) is 0 Å². The molecular formula is C15H22N4O4S. The third kappa shape index (κ3) is 4.76. The minimum Gasteiger partial charge on any atom is -0.350 e. The lowest BCUT2D eigenvalue weighted by molar-refractivity contribution is -0.120. The zero-order chi connectivity index (χ0) is 17.7. The highest BCUT2D eigenvalue weighted by atomic mass is 32.2. The van der Waals surface area contributed by atoms with Crippen LogP contribution >= 0.6 is 0 Å². The number of primary sulfonamides is 1. The Labute approximate surface area is 141 Å². The molecule has 0 saturated heterocycles. The number of hydrogen-bond donors (Lipinski definition) is 4. The predicted molar refractivity (Wildman–Crippen MR) is 88.5 cm³/mol. The van der Waals surface area contributed by atoms with Gasteiger partial charge < -0.3 is 16.4 Å². The second-order valence-electron chi connectivity index (χ2n) is 5.81. The molecule has 2 atom stereocenters. The molecule has 0 aromatic heterocycles. The van der Waals surface area contributed by atoms with Crippen molar-refractivity contribution in [3.8, 4) is 0 Å². The number of carbonyl (C=O) groups excluding carboxylic acids is 2. The molecule has 1 aliphatic carbocycles. The van der Waals surface area contributed by atoms with E-state index in [2.05, 4.69) is 10.6 Å². The lowest BCUT2D eigenvalue weighted by Crippen LogP contribution is -2.54. The topological polar surface area (TPSA) is 144 Å². The summed E-state index contributed by atoms with van der Waals surface area (Å²) in [5.41, 5.74) is 5.65. The first-order valence-corrected chi connectivity index (χ1v) is 9.29. The molecule has 0 spiro atoms. The molecule has 0 aliphatic heterocycles. The minimum atomic E-state index is -3.79. The summed E-state index contributed by atoms with van der Waals surface area (Å²) >= 11 is 0. The van der Waals surface area contributed by atoms with Crippen molar-refractivity contribution in [1.82, 2.24) is 10.6 Å². The largest absolute Gasteiger partial charge is 0.350 e. The van der Waals surface area contributed by atoms with Crippen LogP contribution < -0.4 is 21.5 Å². The van der Waals surface area contributed by atoms with Crippen molar-refractivity contribution in [1.29, 1.82) is 0 Å². The first-order valence-electron chi connectivity index (χ1n) is 7.74. The van der Waals surface area contributed by atoms with E-state index in [4.69, 9.17) is 10.9 Å². The number of nitrogens with one attached hydrogen (secondary N) is 2. The molecule has 0 unspecified atom stereocenters. The molecule has 1 aliphatic rings. The van der Waals surface area contributed by atoms with Gasteiger partial charge in [-0.2, -0.15) is 0 Å². The summed E-state index contributed by atoms with van der Waals surface area (Å²) in [6.45, 7) is -0.0911. The number of rotatable bonds is 5. The molecule has 0 radical (unpaired) electrons. The molecule has 2 rings (SSSR count). The molecule has 8 nitrogen and oxygen atoms in total. The van der Waals surface area contributed by atoms with E-state index in [1.807, 2.05) is 0 Å². The van der Waals surface area contributed by atoms with Crippen LogP contribution in [-0.2, 0) is 14.8 Å². The van der Waals surface area contributed by atoms with Gasteiger partial charge in [0.2, 0.25) is 15.9 Å². The first-order chi connectivity index (χ1) is 11.3. The number of nitrogens with two attached hydrogens (primary N) is 2. The highest BCUT2D eigenvalue weighted by Gasteiger charge is 2.27. The number of amides is 2. The van der Waals surface area contributed by atoms with Crippen LogP contribution in [0.25, 0.3) is 0 Å². The Balaban J connectivity index is 2.05. The fraction of sp³-hybridized carbons (Fsp3) is 0.467. The fourth-order valence-electron chi connectivity index (χ4n) is 2.79. The van der Waals surface area contributed by atoms with E-state index < -0.39 is 10.0 Å². The summed E-state index contributed by atoms with van der Waals surface area (Å²) in [5, 5.41) is 10.8. The van der Waals surface area contributed by atoms with E-state index in [9.17, 15) is 18.0 Å². The van der Waals surface area contributed by atoms with Gasteiger partial charge >= 0.3 is 0 Å². The van der Waals surface area contributed by atoms with Crippen LogP contribution in [0, 0.1) is 0 Å². The highest BCUT2D eigenvalue weighted by molar-refractivity contribution is 7.89. The molecule has 0 bridgehead atoms. The van der Waals surface area contributed by atoms with E-state index >= 15 is 0 Å². The SMILES string of the molecule is NCC(=O)N[C@H]1CCCC[C@H]1NC(=O)c1ccc(S(N)(=O)=O)cc1. The quantitative estimate of drug-likeness (QED) is 0.561. The van der Waals surface area contributed by atoms with Gasteiger partial charge in [0, 0.05) is 17.6 Å². The molecule has 1 fully saturated rings. The van der Waals surface area contributed by atoms with Crippen LogP contribution in [0.5, 0.6) is 0 Å². The maximum absolute atomic E-state index is 12.3. The van der Waals surface area contributed by atoms with Crippen molar-refractivity contribution < 1.29 is 18.0 Å². The van der Waals surface area contributed by atoms with Gasteiger partial charge in [-0.25, -0.2) is 13.6 Å². The third-order valence-electron chi connectivity index (χ3n) is 4.06. The summed E-state index contributed by atoms with van der Waals surface area (Å²) in [6, 6.07) is 5.07. The van der Waals surface area contributed by atoms with Crippen LogP contribution in [0.15, 0.2) is 29.2 Å². The standard InChI is InChI=1S/C15H22N4O4S/c16-9-14(20)18-12-3-1-2-4-13(12)19-15(21)10-5-7-11(8-6-10)24(17,22)23/h5-8,12-13H,1-4,9,16H2,(H,18,20)(H,19,21)(H2,17,22,23)/t12-,13+/m0/s1. The van der Waals surface area contributed by atoms with E-state index in [0.717, 1.165) is 25.7 Å². The molecule has 1 aromatic rings. The van der Waals surface area contributed by atoms with Gasteiger partial charge in [0.05, 0.1) is 11.4 Å². The minimum absolute atomic E-state index is 0.0511. The van der Waals surface area contributed by atoms with Crippen LogP contribution in [-0.4, -0.2) is 38.9 Å². The summed E-state index contributed by atoms with van der Waals surface area (Å²) < 4.78 is 22.5. The van der Waals surface area contributed by atoms with Gasteiger partial charge in [-0.15, -0.1) is 0 Å². The second kappa shape index (κ2) is 7.73. The lowest BCUT2D eigenvalue weighted by Gasteiger charge is -2.32. The van der Waals surface area contributed by atoms with Gasteiger partial charge in [0.25, 0.3) is 5.91 Å². The molecule has 9 heteroatoms. The van der Waals surface area contributed by atoms with Crippen molar-refractivity contribution in [3.63, 3.8) is 0 Å². The Hall–Kier alpha value is -1.97. The normalized spacial score (nSPS) is 21.1. The van der Waals surface area contributed by atoms with Crippen molar-refractivity contribution in [3.05, 3.63) is 29.8 Å². The van der Waals surface area contributed by atoms with Gasteiger partial charge in [-0.05, 0) is 37.1 Å². The lowest BCUT2D eigenvalue weighted by atomic mass is 9.90. The molecule has 2 amide bonds. The van der Waals surface area contributed by atoms with Crippen LogP contribution in [0.3, 0.4) is 0 Å². The van der Waals surface area contributed by atoms with E-state index in [0.29, 0.717) is 5.56 Å². The average Bonchev–Trinajstić information content (AvgIpc) is 2.55. The van der Waals surface area contributed by atoms with E-state index in [1.54, 1.807) is 0 Å². The Morgan fingerprint density at radius 1 is 1.04 bits per heavy atom. The van der Waals surface area contributed by atoms with Gasteiger partial charge in [-0.1, -0.05) is 12.8 Å². The predicted octanol–water partition coefficient (Wildman–Crippen LogP) is -0.550. The zero-order valence-corrected chi connectivity index (χ0v) is 14.0. The zero-order valence-electron chi connectivity index (χ0n) is 13.2. The summed E-state index contributed by atoms with van der Waals surface area (Å²) in [6.07, 6.45) is 3.48. The molecule has 6 N–H and O–H groups in total. The number of hydrogen-bond acceptors (Lipinski definition) is 5. The van der Waals surface area contributed by atoms with E-state index in [-0.39, 0.29) is 35.3 Å². The molecule has 24 heavy (non-hydrogen) atoms. The Morgan fingerprint density at radius 2 is 1.58 bits per heavy atom.